The van der Waals surface area contributed by atoms with Crippen LogP contribution in [0.25, 0.3) is 0 Å². The summed E-state index contributed by atoms with van der Waals surface area (Å²) < 4.78 is 0. The van der Waals surface area contributed by atoms with E-state index in [1.165, 1.54) is 22.3 Å². The summed E-state index contributed by atoms with van der Waals surface area (Å²) in [6, 6.07) is 29.4. The number of hydrogen-bond donors (Lipinski definition) is 1. The molecule has 1 aliphatic heterocycles. The van der Waals surface area contributed by atoms with Crippen LogP contribution < -0.4 is 5.32 Å². The van der Waals surface area contributed by atoms with Gasteiger partial charge in [-0.05, 0) is 28.7 Å². The molecule has 150 valence electrons. The van der Waals surface area contributed by atoms with E-state index >= 15 is 0 Å². The number of fused-ring (bicyclic) bond motifs is 1. The number of benzene rings is 3. The molecule has 0 aliphatic carbocycles. The smallest absolute Gasteiger partial charge is 0.236 e. The molecular formula is C25H27ClN2O. The van der Waals surface area contributed by atoms with Crippen molar-refractivity contribution in [2.45, 2.75) is 18.9 Å². The Hall–Kier alpha value is -2.62. The molecule has 0 saturated heterocycles. The quantitative estimate of drug-likeness (QED) is 0.657. The molecule has 0 atom stereocenters. The third kappa shape index (κ3) is 5.26. The molecule has 0 fully saturated rings. The Morgan fingerprint density at radius 3 is 2.00 bits per heavy atom. The third-order valence-electron chi connectivity index (χ3n) is 5.51. The molecule has 0 aromatic heterocycles. The Kier molecular flexibility index (Phi) is 7.45. The van der Waals surface area contributed by atoms with E-state index in [1.807, 2.05) is 17.0 Å². The molecule has 1 aliphatic rings. The van der Waals surface area contributed by atoms with Crippen LogP contribution in [0, 0.1) is 0 Å². The molecule has 3 aromatic rings. The highest BCUT2D eigenvalue weighted by molar-refractivity contribution is 5.85. The van der Waals surface area contributed by atoms with Gasteiger partial charge in [-0.1, -0.05) is 84.9 Å². The number of hydrogen-bond acceptors (Lipinski definition) is 2. The fourth-order valence-corrected chi connectivity index (χ4v) is 3.94. The molecule has 0 bridgehead atoms. The lowest BCUT2D eigenvalue weighted by Crippen LogP contribution is -2.41. The maximum atomic E-state index is 12.7. The molecule has 3 nitrogen and oxygen atoms in total. The van der Waals surface area contributed by atoms with E-state index in [1.54, 1.807) is 0 Å². The summed E-state index contributed by atoms with van der Waals surface area (Å²) in [4.78, 5) is 14.7. The largest absolute Gasteiger partial charge is 0.337 e. The van der Waals surface area contributed by atoms with Gasteiger partial charge in [0.1, 0.15) is 0 Å². The zero-order chi connectivity index (χ0) is 19.2. The van der Waals surface area contributed by atoms with Crippen LogP contribution in [0.2, 0.25) is 0 Å². The summed E-state index contributed by atoms with van der Waals surface area (Å²) in [5.41, 5.74) is 5.17. The van der Waals surface area contributed by atoms with E-state index < -0.39 is 0 Å². The fourth-order valence-electron chi connectivity index (χ4n) is 3.94. The summed E-state index contributed by atoms with van der Waals surface area (Å²) in [5, 5.41) is 3.41. The second kappa shape index (κ2) is 10.2. The second-order valence-electron chi connectivity index (χ2n) is 7.34. The van der Waals surface area contributed by atoms with Crippen molar-refractivity contribution in [3.63, 3.8) is 0 Å². The standard InChI is InChI=1S/C25H26N2O.ClH/c28-25(27-16-15-20-9-7-8-14-23(20)19-27)18-26-17-24(21-10-3-1-4-11-21)22-12-5-2-6-13-22;/h1-14,24,26H,15-19H2;1H. The average molecular weight is 407 g/mol. The van der Waals surface area contributed by atoms with Gasteiger partial charge in [-0.15, -0.1) is 12.4 Å². The van der Waals surface area contributed by atoms with Crippen molar-refractivity contribution in [2.75, 3.05) is 19.6 Å². The maximum Gasteiger partial charge on any atom is 0.236 e. The number of rotatable bonds is 6. The lowest BCUT2D eigenvalue weighted by Gasteiger charge is -2.29. The van der Waals surface area contributed by atoms with Crippen molar-refractivity contribution in [2.24, 2.45) is 0 Å². The van der Waals surface area contributed by atoms with Gasteiger partial charge in [0, 0.05) is 25.6 Å². The van der Waals surface area contributed by atoms with Gasteiger partial charge < -0.3 is 10.2 Å². The van der Waals surface area contributed by atoms with E-state index in [2.05, 4.69) is 78.1 Å². The summed E-state index contributed by atoms with van der Waals surface area (Å²) in [6.07, 6.45) is 0.943. The minimum absolute atomic E-state index is 0. The zero-order valence-electron chi connectivity index (χ0n) is 16.5. The molecule has 3 aromatic carbocycles. The molecule has 4 rings (SSSR count). The summed E-state index contributed by atoms with van der Waals surface area (Å²) in [6.45, 7) is 2.64. The van der Waals surface area contributed by atoms with Crippen molar-refractivity contribution in [1.82, 2.24) is 10.2 Å². The van der Waals surface area contributed by atoms with Crippen LogP contribution in [0.3, 0.4) is 0 Å². The first-order valence-corrected chi connectivity index (χ1v) is 9.96. The van der Waals surface area contributed by atoms with E-state index in [9.17, 15) is 4.79 Å². The predicted octanol–water partition coefficient (Wildman–Crippen LogP) is 4.41. The number of halogens is 1. The first-order chi connectivity index (χ1) is 13.8. The van der Waals surface area contributed by atoms with Gasteiger partial charge in [0.05, 0.1) is 6.54 Å². The highest BCUT2D eigenvalue weighted by atomic mass is 35.5. The first-order valence-electron chi connectivity index (χ1n) is 9.96. The Morgan fingerprint density at radius 1 is 0.828 bits per heavy atom. The Bertz CT molecular complexity index is 875. The van der Waals surface area contributed by atoms with Crippen molar-refractivity contribution in [1.29, 1.82) is 0 Å². The molecule has 4 heteroatoms. The van der Waals surface area contributed by atoms with Crippen molar-refractivity contribution >= 4 is 18.3 Å². The summed E-state index contributed by atoms with van der Waals surface area (Å²) in [7, 11) is 0. The van der Waals surface area contributed by atoms with Gasteiger partial charge in [0.25, 0.3) is 0 Å². The minimum atomic E-state index is 0. The van der Waals surface area contributed by atoms with Crippen LogP contribution in [0.15, 0.2) is 84.9 Å². The van der Waals surface area contributed by atoms with E-state index in [0.717, 1.165) is 26.1 Å². The lowest BCUT2D eigenvalue weighted by molar-refractivity contribution is -0.131. The average Bonchev–Trinajstić information content (AvgIpc) is 2.77. The highest BCUT2D eigenvalue weighted by Crippen LogP contribution is 2.24. The highest BCUT2D eigenvalue weighted by Gasteiger charge is 2.20. The monoisotopic (exact) mass is 406 g/mol. The van der Waals surface area contributed by atoms with Gasteiger partial charge in [-0.2, -0.15) is 0 Å². The number of carbonyl (C=O) groups is 1. The van der Waals surface area contributed by atoms with Crippen LogP contribution in [-0.2, 0) is 17.8 Å². The number of carbonyl (C=O) groups excluding carboxylic acids is 1. The normalized spacial score (nSPS) is 12.9. The second-order valence-corrected chi connectivity index (χ2v) is 7.34. The van der Waals surface area contributed by atoms with Gasteiger partial charge in [-0.3, -0.25) is 4.79 Å². The predicted molar refractivity (Wildman–Crippen MR) is 120 cm³/mol. The molecule has 1 heterocycles. The first kappa shape index (κ1) is 21.1. The Morgan fingerprint density at radius 2 is 1.38 bits per heavy atom. The Labute approximate surface area is 179 Å². The van der Waals surface area contributed by atoms with Gasteiger partial charge in [-0.25, -0.2) is 0 Å². The van der Waals surface area contributed by atoms with Gasteiger partial charge in [0.2, 0.25) is 5.91 Å². The van der Waals surface area contributed by atoms with E-state index in [4.69, 9.17) is 0 Å². The molecule has 0 radical (unpaired) electrons. The van der Waals surface area contributed by atoms with Crippen LogP contribution in [0.4, 0.5) is 0 Å². The Balaban J connectivity index is 0.00000240. The fraction of sp³-hybridized carbons (Fsp3) is 0.240. The van der Waals surface area contributed by atoms with Crippen molar-refractivity contribution < 1.29 is 4.79 Å². The number of nitrogens with one attached hydrogen (secondary N) is 1. The number of nitrogens with zero attached hydrogens (tertiary/aromatic N) is 1. The van der Waals surface area contributed by atoms with Crippen LogP contribution >= 0.6 is 12.4 Å². The van der Waals surface area contributed by atoms with Gasteiger partial charge in [0.15, 0.2) is 0 Å². The molecular weight excluding hydrogens is 380 g/mol. The molecule has 1 N–H and O–H groups in total. The molecule has 29 heavy (non-hydrogen) atoms. The van der Waals surface area contributed by atoms with E-state index in [0.29, 0.717) is 6.54 Å². The molecule has 0 spiro atoms. The summed E-state index contributed by atoms with van der Waals surface area (Å²) in [5.74, 6) is 0.409. The molecule has 1 amide bonds. The molecule has 0 unspecified atom stereocenters. The van der Waals surface area contributed by atoms with Crippen LogP contribution in [-0.4, -0.2) is 30.4 Å². The lowest BCUT2D eigenvalue weighted by atomic mass is 9.91. The van der Waals surface area contributed by atoms with Crippen LogP contribution in [0.1, 0.15) is 28.2 Å². The SMILES string of the molecule is Cl.O=C(CNCC(c1ccccc1)c1ccccc1)N1CCc2ccccc2C1. The number of amides is 1. The summed E-state index contributed by atoms with van der Waals surface area (Å²) >= 11 is 0. The minimum Gasteiger partial charge on any atom is -0.337 e. The van der Waals surface area contributed by atoms with Gasteiger partial charge >= 0.3 is 0 Å². The third-order valence-corrected chi connectivity index (χ3v) is 5.51. The molecule has 0 saturated carbocycles. The van der Waals surface area contributed by atoms with E-state index in [-0.39, 0.29) is 24.2 Å². The van der Waals surface area contributed by atoms with Crippen LogP contribution in [0.5, 0.6) is 0 Å². The van der Waals surface area contributed by atoms with Crippen molar-refractivity contribution in [3.05, 3.63) is 107 Å². The van der Waals surface area contributed by atoms with Crippen molar-refractivity contribution in [3.8, 4) is 0 Å². The maximum absolute atomic E-state index is 12.7. The zero-order valence-corrected chi connectivity index (χ0v) is 17.3. The topological polar surface area (TPSA) is 32.3 Å².